The van der Waals surface area contributed by atoms with Gasteiger partial charge in [-0.1, -0.05) is 36.4 Å². The van der Waals surface area contributed by atoms with Gasteiger partial charge in [0.05, 0.1) is 11.3 Å². The van der Waals surface area contributed by atoms with Crippen LogP contribution < -0.4 is 5.32 Å². The molecule has 0 fully saturated rings. The summed E-state index contributed by atoms with van der Waals surface area (Å²) in [5, 5.41) is 11.6. The zero-order valence-corrected chi connectivity index (χ0v) is 11.1. The van der Waals surface area contributed by atoms with Gasteiger partial charge in [0.25, 0.3) is 0 Å². The van der Waals surface area contributed by atoms with Gasteiger partial charge in [-0.2, -0.15) is 5.26 Å². The number of carbonyl (C=O) groups excluding carboxylic acids is 1. The van der Waals surface area contributed by atoms with E-state index in [1.807, 2.05) is 49.4 Å². The van der Waals surface area contributed by atoms with Gasteiger partial charge in [-0.05, 0) is 30.2 Å². The molecule has 100 valence electrons. The summed E-state index contributed by atoms with van der Waals surface area (Å²) in [6.07, 6.45) is -0.575. The van der Waals surface area contributed by atoms with Crippen LogP contribution in [0.3, 0.4) is 0 Å². The highest BCUT2D eigenvalue weighted by Crippen LogP contribution is 2.16. The summed E-state index contributed by atoms with van der Waals surface area (Å²) in [6.45, 7) is 2.08. The Morgan fingerprint density at radius 3 is 2.70 bits per heavy atom. The number of ether oxygens (including phenoxy) is 1. The molecule has 1 N–H and O–H groups in total. The van der Waals surface area contributed by atoms with Crippen LogP contribution in [0.15, 0.2) is 48.5 Å². The van der Waals surface area contributed by atoms with Gasteiger partial charge in [-0.3, -0.25) is 5.32 Å². The number of nitrogens with zero attached hydrogens (tertiary/aromatic N) is 1. The molecule has 0 saturated heterocycles. The third kappa shape index (κ3) is 3.59. The van der Waals surface area contributed by atoms with Crippen molar-refractivity contribution < 1.29 is 9.53 Å². The molecule has 0 radical (unpaired) electrons. The van der Waals surface area contributed by atoms with Crippen molar-refractivity contribution >= 4 is 11.8 Å². The summed E-state index contributed by atoms with van der Waals surface area (Å²) in [7, 11) is 0. The van der Waals surface area contributed by atoms with Crippen molar-refractivity contribution in [2.24, 2.45) is 0 Å². The zero-order valence-electron chi connectivity index (χ0n) is 11.1. The molecule has 4 nitrogen and oxygen atoms in total. The second-order valence-corrected chi connectivity index (χ2v) is 4.35. The van der Waals surface area contributed by atoms with Gasteiger partial charge in [-0.25, -0.2) is 4.79 Å². The highest BCUT2D eigenvalue weighted by molar-refractivity contribution is 5.86. The van der Waals surface area contributed by atoms with Crippen molar-refractivity contribution in [1.29, 1.82) is 5.26 Å². The van der Waals surface area contributed by atoms with Gasteiger partial charge < -0.3 is 4.74 Å². The lowest BCUT2D eigenvalue weighted by Gasteiger charge is -2.08. The van der Waals surface area contributed by atoms with E-state index in [0.29, 0.717) is 11.3 Å². The van der Waals surface area contributed by atoms with Crippen LogP contribution in [0.4, 0.5) is 10.5 Å². The fourth-order valence-corrected chi connectivity index (χ4v) is 1.73. The zero-order chi connectivity index (χ0) is 14.4. The maximum atomic E-state index is 11.7. The number of benzene rings is 2. The van der Waals surface area contributed by atoms with Crippen molar-refractivity contribution in [2.45, 2.75) is 13.5 Å². The van der Waals surface area contributed by atoms with Crippen LogP contribution in [0.5, 0.6) is 0 Å². The van der Waals surface area contributed by atoms with Crippen molar-refractivity contribution in [1.82, 2.24) is 0 Å². The lowest BCUT2D eigenvalue weighted by Crippen LogP contribution is -2.14. The summed E-state index contributed by atoms with van der Waals surface area (Å²) in [4.78, 5) is 11.7. The number of rotatable bonds is 3. The van der Waals surface area contributed by atoms with E-state index < -0.39 is 6.09 Å². The second kappa shape index (κ2) is 6.39. The number of anilines is 1. The molecule has 0 aromatic heterocycles. The monoisotopic (exact) mass is 266 g/mol. The van der Waals surface area contributed by atoms with Crippen LogP contribution in [-0.4, -0.2) is 6.09 Å². The summed E-state index contributed by atoms with van der Waals surface area (Å²) in [5.41, 5.74) is 2.75. The Balaban J connectivity index is 1.97. The fourth-order valence-electron chi connectivity index (χ4n) is 1.73. The minimum Gasteiger partial charge on any atom is -0.444 e. The Morgan fingerprint density at radius 1 is 1.25 bits per heavy atom. The van der Waals surface area contributed by atoms with Gasteiger partial charge in [0.15, 0.2) is 0 Å². The molecule has 20 heavy (non-hydrogen) atoms. The smallest absolute Gasteiger partial charge is 0.411 e. The third-order valence-electron chi connectivity index (χ3n) is 2.75. The highest BCUT2D eigenvalue weighted by Gasteiger charge is 2.08. The summed E-state index contributed by atoms with van der Waals surface area (Å²) >= 11 is 0. The van der Waals surface area contributed by atoms with Gasteiger partial charge >= 0.3 is 6.09 Å². The van der Waals surface area contributed by atoms with Crippen LogP contribution in [0.1, 0.15) is 16.7 Å². The molecule has 1 amide bonds. The van der Waals surface area contributed by atoms with E-state index in [2.05, 4.69) is 5.32 Å². The number of aryl methyl sites for hydroxylation is 1. The fraction of sp³-hybridized carbons (Fsp3) is 0.125. The molecular weight excluding hydrogens is 252 g/mol. The van der Waals surface area contributed by atoms with Crippen molar-refractivity contribution in [3.8, 4) is 6.07 Å². The largest absolute Gasteiger partial charge is 0.444 e. The molecule has 0 saturated carbocycles. The van der Waals surface area contributed by atoms with E-state index >= 15 is 0 Å². The van der Waals surface area contributed by atoms with Crippen LogP contribution in [0.25, 0.3) is 0 Å². The topological polar surface area (TPSA) is 62.1 Å². The van der Waals surface area contributed by atoms with Crippen molar-refractivity contribution in [3.05, 3.63) is 65.2 Å². The Morgan fingerprint density at radius 2 is 2.00 bits per heavy atom. The standard InChI is InChI=1S/C16H14N2O2/c1-12-7-8-15(14(9-12)10-17)18-16(19)20-11-13-5-3-2-4-6-13/h2-9H,11H2,1H3,(H,18,19). The summed E-state index contributed by atoms with van der Waals surface area (Å²) in [6, 6.07) is 16.7. The van der Waals surface area contributed by atoms with Gasteiger partial charge in [0.2, 0.25) is 0 Å². The van der Waals surface area contributed by atoms with Crippen LogP contribution in [0.2, 0.25) is 0 Å². The summed E-state index contributed by atoms with van der Waals surface area (Å²) < 4.78 is 5.10. The van der Waals surface area contributed by atoms with E-state index in [-0.39, 0.29) is 6.61 Å². The first-order valence-corrected chi connectivity index (χ1v) is 6.17. The molecule has 4 heteroatoms. The van der Waals surface area contributed by atoms with E-state index in [0.717, 1.165) is 11.1 Å². The van der Waals surface area contributed by atoms with E-state index in [1.54, 1.807) is 12.1 Å². The maximum absolute atomic E-state index is 11.7. The third-order valence-corrected chi connectivity index (χ3v) is 2.75. The number of hydrogen-bond acceptors (Lipinski definition) is 3. The summed E-state index contributed by atoms with van der Waals surface area (Å²) in [5.74, 6) is 0. The highest BCUT2D eigenvalue weighted by atomic mass is 16.5. The molecule has 2 aromatic carbocycles. The molecule has 0 atom stereocenters. The van der Waals surface area contributed by atoms with Gasteiger partial charge in [0, 0.05) is 0 Å². The quantitative estimate of drug-likeness (QED) is 0.923. The predicted octanol–water partition coefficient (Wildman–Crippen LogP) is 3.62. The number of amides is 1. The Hall–Kier alpha value is -2.80. The molecule has 0 aliphatic heterocycles. The molecule has 0 heterocycles. The first-order valence-electron chi connectivity index (χ1n) is 6.17. The minimum absolute atomic E-state index is 0.195. The molecule has 2 aromatic rings. The molecule has 0 aliphatic carbocycles. The van der Waals surface area contributed by atoms with Gasteiger partial charge in [-0.15, -0.1) is 0 Å². The Bertz CT molecular complexity index is 645. The van der Waals surface area contributed by atoms with E-state index in [1.165, 1.54) is 0 Å². The predicted molar refractivity (Wildman–Crippen MR) is 76.1 cm³/mol. The van der Waals surface area contributed by atoms with Crippen LogP contribution in [-0.2, 0) is 11.3 Å². The average molecular weight is 266 g/mol. The first-order chi connectivity index (χ1) is 9.69. The van der Waals surface area contributed by atoms with Crippen LogP contribution in [0, 0.1) is 18.3 Å². The lowest BCUT2D eigenvalue weighted by atomic mass is 10.1. The minimum atomic E-state index is -0.575. The Labute approximate surface area is 117 Å². The SMILES string of the molecule is Cc1ccc(NC(=O)OCc2ccccc2)c(C#N)c1. The molecule has 0 unspecified atom stereocenters. The molecular formula is C16H14N2O2. The van der Waals surface area contributed by atoms with Gasteiger partial charge in [0.1, 0.15) is 12.7 Å². The normalized spacial score (nSPS) is 9.60. The van der Waals surface area contributed by atoms with Crippen LogP contribution >= 0.6 is 0 Å². The van der Waals surface area contributed by atoms with E-state index in [4.69, 9.17) is 10.00 Å². The molecule has 0 spiro atoms. The Kier molecular flexibility index (Phi) is 4.35. The average Bonchev–Trinajstić information content (AvgIpc) is 2.48. The second-order valence-electron chi connectivity index (χ2n) is 4.35. The van der Waals surface area contributed by atoms with Crippen molar-refractivity contribution in [2.75, 3.05) is 5.32 Å². The number of nitriles is 1. The molecule has 0 aliphatic rings. The number of hydrogen-bond donors (Lipinski definition) is 1. The molecule has 0 bridgehead atoms. The van der Waals surface area contributed by atoms with Crippen molar-refractivity contribution in [3.63, 3.8) is 0 Å². The number of carbonyl (C=O) groups is 1. The lowest BCUT2D eigenvalue weighted by molar-refractivity contribution is 0.155. The molecule has 2 rings (SSSR count). The first kappa shape index (κ1) is 13.6. The maximum Gasteiger partial charge on any atom is 0.411 e. The number of nitrogens with one attached hydrogen (secondary N) is 1. The van der Waals surface area contributed by atoms with E-state index in [9.17, 15) is 4.79 Å².